The Bertz CT molecular complexity index is 436. The van der Waals surface area contributed by atoms with E-state index < -0.39 is 0 Å². The van der Waals surface area contributed by atoms with Crippen molar-refractivity contribution in [1.29, 1.82) is 0 Å². The van der Waals surface area contributed by atoms with Gasteiger partial charge >= 0.3 is 0 Å². The first-order valence-corrected chi connectivity index (χ1v) is 7.92. The van der Waals surface area contributed by atoms with Gasteiger partial charge in [0.1, 0.15) is 5.82 Å². The van der Waals surface area contributed by atoms with Crippen LogP contribution in [0.3, 0.4) is 0 Å². The Kier molecular flexibility index (Phi) is 6.90. The average Bonchev–Trinajstić information content (AvgIpc) is 2.49. The summed E-state index contributed by atoms with van der Waals surface area (Å²) in [7, 11) is 1.72. The smallest absolute Gasteiger partial charge is 0.123 e. The number of nitrogens with one attached hydrogen (secondary N) is 1. The number of benzene rings is 1. The molecule has 1 heterocycles. The minimum Gasteiger partial charge on any atom is -0.383 e. The predicted molar refractivity (Wildman–Crippen MR) is 84.2 cm³/mol. The largest absolute Gasteiger partial charge is 0.383 e. The fourth-order valence-electron chi connectivity index (χ4n) is 2.73. The van der Waals surface area contributed by atoms with E-state index in [0.29, 0.717) is 5.02 Å². The number of rotatable bonds is 7. The molecule has 0 amide bonds. The molecule has 118 valence electrons. The van der Waals surface area contributed by atoms with Crippen molar-refractivity contribution in [3.8, 4) is 0 Å². The molecule has 1 aromatic carbocycles. The third kappa shape index (κ3) is 5.55. The summed E-state index contributed by atoms with van der Waals surface area (Å²) in [4.78, 5) is 2.35. The van der Waals surface area contributed by atoms with Crippen LogP contribution < -0.4 is 5.32 Å². The Hall–Kier alpha value is -0.680. The highest BCUT2D eigenvalue weighted by atomic mass is 35.5. The first-order valence-electron chi connectivity index (χ1n) is 7.55. The Balaban J connectivity index is 1.72. The Morgan fingerprint density at radius 2 is 2.14 bits per heavy atom. The van der Waals surface area contributed by atoms with Crippen molar-refractivity contribution >= 4 is 11.6 Å². The van der Waals surface area contributed by atoms with Gasteiger partial charge in [-0.1, -0.05) is 11.6 Å². The molecule has 1 fully saturated rings. The van der Waals surface area contributed by atoms with Crippen LogP contribution in [0.4, 0.5) is 4.39 Å². The van der Waals surface area contributed by atoms with Gasteiger partial charge in [-0.2, -0.15) is 0 Å². The van der Waals surface area contributed by atoms with E-state index in [-0.39, 0.29) is 5.82 Å². The lowest BCUT2D eigenvalue weighted by molar-refractivity contribution is 0.168. The maximum Gasteiger partial charge on any atom is 0.123 e. The van der Waals surface area contributed by atoms with Crippen molar-refractivity contribution in [2.24, 2.45) is 5.92 Å². The Morgan fingerprint density at radius 3 is 2.86 bits per heavy atom. The van der Waals surface area contributed by atoms with Crippen LogP contribution in [0.1, 0.15) is 18.4 Å². The maximum atomic E-state index is 13.3. The van der Waals surface area contributed by atoms with Crippen LogP contribution in [0.25, 0.3) is 0 Å². The minimum absolute atomic E-state index is 0.216. The molecular formula is C16H24ClFN2O. The number of halogens is 2. The van der Waals surface area contributed by atoms with Gasteiger partial charge in [-0.15, -0.1) is 0 Å². The number of methoxy groups -OCH3 is 1. The lowest BCUT2D eigenvalue weighted by atomic mass is 9.96. The number of piperidine rings is 1. The third-order valence-electron chi connectivity index (χ3n) is 4.02. The van der Waals surface area contributed by atoms with Gasteiger partial charge in [-0.05, 0) is 62.2 Å². The van der Waals surface area contributed by atoms with Crippen molar-refractivity contribution in [2.75, 3.05) is 39.9 Å². The van der Waals surface area contributed by atoms with Gasteiger partial charge in [0.25, 0.3) is 0 Å². The van der Waals surface area contributed by atoms with Gasteiger partial charge in [-0.25, -0.2) is 4.39 Å². The molecule has 0 radical (unpaired) electrons. The van der Waals surface area contributed by atoms with Gasteiger partial charge in [0.15, 0.2) is 0 Å². The molecule has 3 nitrogen and oxygen atoms in total. The first kappa shape index (κ1) is 16.7. The van der Waals surface area contributed by atoms with Crippen molar-refractivity contribution < 1.29 is 9.13 Å². The fraction of sp³-hybridized carbons (Fsp3) is 0.625. The van der Waals surface area contributed by atoms with E-state index in [0.717, 1.165) is 50.8 Å². The van der Waals surface area contributed by atoms with Gasteiger partial charge in [0.05, 0.1) is 6.61 Å². The van der Waals surface area contributed by atoms with Gasteiger partial charge in [-0.3, -0.25) is 4.90 Å². The number of likely N-dealkylation sites (tertiary alicyclic amines) is 1. The second kappa shape index (κ2) is 8.69. The van der Waals surface area contributed by atoms with Crippen LogP contribution in [0, 0.1) is 11.7 Å². The Labute approximate surface area is 131 Å². The zero-order chi connectivity index (χ0) is 15.1. The van der Waals surface area contributed by atoms with Crippen molar-refractivity contribution in [1.82, 2.24) is 10.2 Å². The molecular weight excluding hydrogens is 291 g/mol. The summed E-state index contributed by atoms with van der Waals surface area (Å²) in [6, 6.07) is 4.59. The highest BCUT2D eigenvalue weighted by molar-refractivity contribution is 6.31. The molecule has 1 aliphatic rings. The molecule has 1 N–H and O–H groups in total. The summed E-state index contributed by atoms with van der Waals surface area (Å²) in [6.45, 7) is 5.55. The zero-order valence-corrected chi connectivity index (χ0v) is 13.3. The molecule has 2 rings (SSSR count). The van der Waals surface area contributed by atoms with Crippen molar-refractivity contribution in [2.45, 2.75) is 19.4 Å². The highest BCUT2D eigenvalue weighted by Crippen LogP contribution is 2.22. The van der Waals surface area contributed by atoms with Gasteiger partial charge in [0, 0.05) is 25.2 Å². The zero-order valence-electron chi connectivity index (χ0n) is 12.6. The summed E-state index contributed by atoms with van der Waals surface area (Å²) in [6.07, 6.45) is 2.35. The van der Waals surface area contributed by atoms with E-state index in [4.69, 9.17) is 16.3 Å². The number of ether oxygens (including phenoxy) is 1. The third-order valence-corrected chi connectivity index (χ3v) is 4.39. The van der Waals surface area contributed by atoms with E-state index in [1.807, 2.05) is 0 Å². The first-order chi connectivity index (χ1) is 10.2. The quantitative estimate of drug-likeness (QED) is 0.783. The number of hydrogen-bond acceptors (Lipinski definition) is 3. The van der Waals surface area contributed by atoms with E-state index in [2.05, 4.69) is 10.2 Å². The van der Waals surface area contributed by atoms with Gasteiger partial charge < -0.3 is 10.1 Å². The SMILES string of the molecule is COCCNCC1CCN(Cc2cc(F)ccc2Cl)CC1. The predicted octanol–water partition coefficient (Wildman–Crippen LogP) is 2.93. The monoisotopic (exact) mass is 314 g/mol. The van der Waals surface area contributed by atoms with Crippen LogP contribution in [0.2, 0.25) is 5.02 Å². The molecule has 0 aliphatic carbocycles. The molecule has 0 saturated carbocycles. The number of hydrogen-bond donors (Lipinski definition) is 1. The van der Waals surface area contributed by atoms with E-state index in [9.17, 15) is 4.39 Å². The van der Waals surface area contributed by atoms with E-state index >= 15 is 0 Å². The molecule has 21 heavy (non-hydrogen) atoms. The van der Waals surface area contributed by atoms with Crippen LogP contribution in [-0.4, -0.2) is 44.8 Å². The second-order valence-electron chi connectivity index (χ2n) is 5.65. The summed E-state index contributed by atoms with van der Waals surface area (Å²) < 4.78 is 18.3. The van der Waals surface area contributed by atoms with Crippen LogP contribution >= 0.6 is 11.6 Å². The molecule has 0 aromatic heterocycles. The molecule has 1 aliphatic heterocycles. The molecule has 0 bridgehead atoms. The second-order valence-corrected chi connectivity index (χ2v) is 6.06. The van der Waals surface area contributed by atoms with Crippen molar-refractivity contribution in [3.05, 3.63) is 34.6 Å². The maximum absolute atomic E-state index is 13.3. The lowest BCUT2D eigenvalue weighted by Gasteiger charge is -2.32. The fourth-order valence-corrected chi connectivity index (χ4v) is 2.91. The standard InChI is InChI=1S/C16H24ClFN2O/c1-21-9-6-19-11-13-4-7-20(8-5-13)12-14-10-15(18)2-3-16(14)17/h2-3,10,13,19H,4-9,11-12H2,1H3. The topological polar surface area (TPSA) is 24.5 Å². The van der Waals surface area contributed by atoms with Crippen molar-refractivity contribution in [3.63, 3.8) is 0 Å². The van der Waals surface area contributed by atoms with E-state index in [1.165, 1.54) is 18.9 Å². The number of nitrogens with zero attached hydrogens (tertiary/aromatic N) is 1. The normalized spacial score (nSPS) is 17.3. The summed E-state index contributed by atoms with van der Waals surface area (Å²) in [5.41, 5.74) is 0.883. The Morgan fingerprint density at radius 1 is 1.38 bits per heavy atom. The van der Waals surface area contributed by atoms with Crippen LogP contribution in [0.5, 0.6) is 0 Å². The molecule has 1 saturated heterocycles. The molecule has 0 spiro atoms. The van der Waals surface area contributed by atoms with Gasteiger partial charge in [0.2, 0.25) is 0 Å². The molecule has 0 atom stereocenters. The van der Waals surface area contributed by atoms with E-state index in [1.54, 1.807) is 19.2 Å². The average molecular weight is 315 g/mol. The molecule has 0 unspecified atom stereocenters. The minimum atomic E-state index is -0.216. The molecule has 5 heteroatoms. The van der Waals surface area contributed by atoms with Crippen LogP contribution in [0.15, 0.2) is 18.2 Å². The lowest BCUT2D eigenvalue weighted by Crippen LogP contribution is -2.37. The molecule has 1 aromatic rings. The summed E-state index contributed by atoms with van der Waals surface area (Å²) in [5.74, 6) is 0.507. The summed E-state index contributed by atoms with van der Waals surface area (Å²) >= 11 is 6.13. The van der Waals surface area contributed by atoms with Crippen LogP contribution in [-0.2, 0) is 11.3 Å². The highest BCUT2D eigenvalue weighted by Gasteiger charge is 2.19. The summed E-state index contributed by atoms with van der Waals surface area (Å²) in [5, 5.41) is 4.08.